The number of rotatable bonds is 2. The van der Waals surface area contributed by atoms with Gasteiger partial charge in [0.25, 0.3) is 0 Å². The first-order valence-electron chi connectivity index (χ1n) is 5.24. The molecule has 0 atom stereocenters. The third-order valence-corrected chi connectivity index (χ3v) is 3.12. The molecule has 0 saturated heterocycles. The zero-order valence-electron chi connectivity index (χ0n) is 9.29. The Morgan fingerprint density at radius 2 is 2.29 bits per heavy atom. The van der Waals surface area contributed by atoms with Crippen molar-refractivity contribution < 1.29 is 0 Å². The quantitative estimate of drug-likeness (QED) is 0.701. The number of H-pyrrole nitrogens is 1. The third-order valence-electron chi connectivity index (χ3n) is 2.80. The Hall–Kier alpha value is -1.95. The smallest absolute Gasteiger partial charge is 0.178 e. The molecule has 6 heteroatoms. The maximum Gasteiger partial charge on any atom is 0.178 e. The Balaban J connectivity index is 2.15. The van der Waals surface area contributed by atoms with Crippen molar-refractivity contribution in [3.05, 3.63) is 41.4 Å². The van der Waals surface area contributed by atoms with E-state index in [0.717, 1.165) is 16.9 Å². The van der Waals surface area contributed by atoms with Crippen LogP contribution in [0.4, 0.5) is 0 Å². The molecule has 17 heavy (non-hydrogen) atoms. The number of hydrogen-bond donors (Lipinski definition) is 1. The van der Waals surface area contributed by atoms with Gasteiger partial charge >= 0.3 is 0 Å². The van der Waals surface area contributed by atoms with E-state index in [2.05, 4.69) is 15.0 Å². The molecule has 3 rings (SSSR count). The molecule has 0 aliphatic rings. The molecular formula is C11H11N5S. The largest absolute Gasteiger partial charge is 0.337 e. The topological polar surface area (TPSA) is 51.4 Å². The first-order chi connectivity index (χ1) is 8.25. The molecule has 3 aromatic heterocycles. The third kappa shape index (κ3) is 1.66. The lowest BCUT2D eigenvalue weighted by molar-refractivity contribution is 0.707. The molecule has 0 radical (unpaired) electrons. The van der Waals surface area contributed by atoms with Crippen molar-refractivity contribution in [3.63, 3.8) is 0 Å². The fourth-order valence-corrected chi connectivity index (χ4v) is 2.13. The standard InChI is InChI=1S/C11H11N5S/c1-15-5-4-13-10(15)7-16-9-2-3-12-6-8(9)14-11(16)17/h2-6H,7H2,1H3,(H,14,17). The van der Waals surface area contributed by atoms with Gasteiger partial charge < -0.3 is 14.1 Å². The van der Waals surface area contributed by atoms with Crippen LogP contribution < -0.4 is 0 Å². The van der Waals surface area contributed by atoms with Gasteiger partial charge in [0.15, 0.2) is 4.77 Å². The number of nitrogens with zero attached hydrogens (tertiary/aromatic N) is 4. The van der Waals surface area contributed by atoms with E-state index in [1.165, 1.54) is 0 Å². The van der Waals surface area contributed by atoms with E-state index in [9.17, 15) is 0 Å². The Morgan fingerprint density at radius 1 is 1.41 bits per heavy atom. The van der Waals surface area contributed by atoms with Crippen molar-refractivity contribution in [2.75, 3.05) is 0 Å². The first-order valence-corrected chi connectivity index (χ1v) is 5.65. The Morgan fingerprint density at radius 3 is 3.06 bits per heavy atom. The van der Waals surface area contributed by atoms with Crippen LogP contribution in [0.15, 0.2) is 30.9 Å². The van der Waals surface area contributed by atoms with Crippen molar-refractivity contribution in [3.8, 4) is 0 Å². The average Bonchev–Trinajstić information content (AvgIpc) is 2.85. The predicted molar refractivity (Wildman–Crippen MR) is 67.2 cm³/mol. The van der Waals surface area contributed by atoms with Gasteiger partial charge in [0.2, 0.25) is 0 Å². The highest BCUT2D eigenvalue weighted by Gasteiger charge is 2.06. The van der Waals surface area contributed by atoms with Crippen molar-refractivity contribution in [1.82, 2.24) is 24.1 Å². The molecule has 1 N–H and O–H groups in total. The van der Waals surface area contributed by atoms with Gasteiger partial charge in [0.1, 0.15) is 5.82 Å². The first kappa shape index (κ1) is 10.2. The Bertz CT molecular complexity index is 721. The van der Waals surface area contributed by atoms with Crippen LogP contribution in [0.5, 0.6) is 0 Å². The van der Waals surface area contributed by atoms with Crippen molar-refractivity contribution in [1.29, 1.82) is 0 Å². The molecule has 0 aliphatic carbocycles. The molecule has 5 nitrogen and oxygen atoms in total. The molecule has 0 bridgehead atoms. The highest BCUT2D eigenvalue weighted by molar-refractivity contribution is 7.71. The van der Waals surface area contributed by atoms with Crippen LogP contribution >= 0.6 is 12.2 Å². The number of aryl methyl sites for hydroxylation is 1. The van der Waals surface area contributed by atoms with Gasteiger partial charge in [0.05, 0.1) is 23.8 Å². The SMILES string of the molecule is Cn1ccnc1Cn1c(=S)[nH]c2cnccc21. The summed E-state index contributed by atoms with van der Waals surface area (Å²) in [6.45, 7) is 0.659. The van der Waals surface area contributed by atoms with Crippen molar-refractivity contribution in [2.24, 2.45) is 7.05 Å². The maximum atomic E-state index is 5.31. The molecule has 0 aromatic carbocycles. The molecule has 0 amide bonds. The van der Waals surface area contributed by atoms with Gasteiger partial charge in [-0.15, -0.1) is 0 Å². The maximum absolute atomic E-state index is 5.31. The van der Waals surface area contributed by atoms with Crippen LogP contribution in [-0.2, 0) is 13.6 Å². The molecule has 3 aromatic rings. The summed E-state index contributed by atoms with van der Waals surface area (Å²) in [7, 11) is 1.97. The molecule has 3 heterocycles. The van der Waals surface area contributed by atoms with Crippen LogP contribution in [0.1, 0.15) is 5.82 Å². The van der Waals surface area contributed by atoms with E-state index in [1.807, 2.05) is 28.4 Å². The van der Waals surface area contributed by atoms with E-state index in [-0.39, 0.29) is 0 Å². The number of fused-ring (bicyclic) bond motifs is 1. The Kier molecular flexibility index (Phi) is 2.29. The van der Waals surface area contributed by atoms with Gasteiger partial charge in [-0.25, -0.2) is 4.98 Å². The van der Waals surface area contributed by atoms with Crippen LogP contribution in [0, 0.1) is 4.77 Å². The van der Waals surface area contributed by atoms with Crippen LogP contribution in [0.3, 0.4) is 0 Å². The van der Waals surface area contributed by atoms with Crippen molar-refractivity contribution >= 4 is 23.3 Å². The summed E-state index contributed by atoms with van der Waals surface area (Å²) >= 11 is 5.31. The van der Waals surface area contributed by atoms with Gasteiger partial charge in [-0.2, -0.15) is 0 Å². The van der Waals surface area contributed by atoms with Crippen LogP contribution in [0.25, 0.3) is 11.0 Å². The summed E-state index contributed by atoms with van der Waals surface area (Å²) in [4.78, 5) is 11.5. The lowest BCUT2D eigenvalue weighted by Gasteiger charge is -2.04. The lowest BCUT2D eigenvalue weighted by atomic mass is 10.4. The minimum absolute atomic E-state index is 0.659. The van der Waals surface area contributed by atoms with Gasteiger partial charge in [0, 0.05) is 25.6 Å². The molecular weight excluding hydrogens is 234 g/mol. The second-order valence-electron chi connectivity index (χ2n) is 3.86. The molecule has 0 unspecified atom stereocenters. The molecule has 0 aliphatic heterocycles. The van der Waals surface area contributed by atoms with Gasteiger partial charge in [-0.3, -0.25) is 4.98 Å². The van der Waals surface area contributed by atoms with E-state index < -0.39 is 0 Å². The number of aromatic amines is 1. The fourth-order valence-electron chi connectivity index (χ4n) is 1.86. The minimum Gasteiger partial charge on any atom is -0.337 e. The summed E-state index contributed by atoms with van der Waals surface area (Å²) in [5, 5.41) is 0. The number of imidazole rings is 2. The zero-order valence-corrected chi connectivity index (χ0v) is 10.1. The molecule has 0 spiro atoms. The summed E-state index contributed by atoms with van der Waals surface area (Å²) in [5.74, 6) is 0.971. The monoisotopic (exact) mass is 245 g/mol. The number of pyridine rings is 1. The highest BCUT2D eigenvalue weighted by Crippen LogP contribution is 2.13. The molecule has 0 fully saturated rings. The van der Waals surface area contributed by atoms with E-state index >= 15 is 0 Å². The average molecular weight is 245 g/mol. The van der Waals surface area contributed by atoms with Gasteiger partial charge in [-0.05, 0) is 18.3 Å². The number of nitrogens with one attached hydrogen (secondary N) is 1. The number of aromatic nitrogens is 5. The predicted octanol–water partition coefficient (Wildman–Crippen LogP) is 1.88. The van der Waals surface area contributed by atoms with Crippen molar-refractivity contribution in [2.45, 2.75) is 6.54 Å². The summed E-state index contributed by atoms with van der Waals surface area (Å²) in [6, 6.07) is 1.95. The van der Waals surface area contributed by atoms with Gasteiger partial charge in [-0.1, -0.05) is 0 Å². The summed E-state index contributed by atoms with van der Waals surface area (Å²) < 4.78 is 4.70. The normalized spacial score (nSPS) is 11.1. The van der Waals surface area contributed by atoms with Crippen LogP contribution in [-0.4, -0.2) is 24.1 Å². The lowest BCUT2D eigenvalue weighted by Crippen LogP contribution is -2.05. The van der Waals surface area contributed by atoms with E-state index in [1.54, 1.807) is 18.6 Å². The summed E-state index contributed by atoms with van der Waals surface area (Å²) in [5.41, 5.74) is 2.00. The second kappa shape index (κ2) is 3.81. The Labute approximate surface area is 103 Å². The van der Waals surface area contributed by atoms with E-state index in [4.69, 9.17) is 12.2 Å². The van der Waals surface area contributed by atoms with E-state index in [0.29, 0.717) is 11.3 Å². The fraction of sp³-hybridized carbons (Fsp3) is 0.182. The molecule has 86 valence electrons. The zero-order chi connectivity index (χ0) is 11.8. The number of hydrogen-bond acceptors (Lipinski definition) is 3. The minimum atomic E-state index is 0.659. The highest BCUT2D eigenvalue weighted by atomic mass is 32.1. The molecule has 0 saturated carbocycles. The summed E-state index contributed by atoms with van der Waals surface area (Å²) in [6.07, 6.45) is 7.25. The van der Waals surface area contributed by atoms with Crippen LogP contribution in [0.2, 0.25) is 0 Å². The second-order valence-corrected chi connectivity index (χ2v) is 4.25.